The average molecular weight is 287 g/mol. The third-order valence-corrected chi connectivity index (χ3v) is 3.38. The van der Waals surface area contributed by atoms with Crippen LogP contribution in [0.4, 0.5) is 17.2 Å². The summed E-state index contributed by atoms with van der Waals surface area (Å²) in [5.74, 6) is 0.470. The highest BCUT2D eigenvalue weighted by Crippen LogP contribution is 2.21. The molecule has 2 aromatic rings. The number of aryl methyl sites for hydroxylation is 1. The lowest BCUT2D eigenvalue weighted by atomic mass is 10.2. The van der Waals surface area contributed by atoms with E-state index in [2.05, 4.69) is 25.4 Å². The molecule has 1 aliphatic heterocycles. The largest absolute Gasteiger partial charge is 0.378 e. The Morgan fingerprint density at radius 1 is 1.24 bits per heavy atom. The number of nitrogens with zero attached hydrogens (tertiary/aromatic N) is 3. The van der Waals surface area contributed by atoms with Gasteiger partial charge in [-0.15, -0.1) is 0 Å². The van der Waals surface area contributed by atoms with E-state index >= 15 is 0 Å². The number of aromatic amines is 1. The van der Waals surface area contributed by atoms with Gasteiger partial charge in [0.1, 0.15) is 5.69 Å². The second kappa shape index (κ2) is 5.92. The smallest absolute Gasteiger partial charge is 0.363 e. The lowest BCUT2D eigenvalue weighted by Crippen LogP contribution is -2.36. The van der Waals surface area contributed by atoms with Crippen molar-refractivity contribution in [2.45, 2.75) is 6.92 Å². The number of aromatic nitrogens is 3. The predicted molar refractivity (Wildman–Crippen MR) is 80.1 cm³/mol. The third-order valence-electron chi connectivity index (χ3n) is 3.38. The molecule has 0 spiro atoms. The van der Waals surface area contributed by atoms with Crippen molar-refractivity contribution in [3.8, 4) is 0 Å². The van der Waals surface area contributed by atoms with Crippen molar-refractivity contribution in [1.29, 1.82) is 0 Å². The summed E-state index contributed by atoms with van der Waals surface area (Å²) in [6.07, 6.45) is 0. The summed E-state index contributed by atoms with van der Waals surface area (Å²) in [7, 11) is 0. The van der Waals surface area contributed by atoms with Gasteiger partial charge >= 0.3 is 5.69 Å². The van der Waals surface area contributed by atoms with Crippen molar-refractivity contribution in [2.24, 2.45) is 0 Å². The van der Waals surface area contributed by atoms with Gasteiger partial charge in [-0.25, -0.2) is 9.89 Å². The summed E-state index contributed by atoms with van der Waals surface area (Å²) in [5, 5.41) is 9.29. The molecule has 7 heteroatoms. The molecule has 0 aliphatic carbocycles. The molecule has 0 unspecified atom stereocenters. The Labute approximate surface area is 122 Å². The Hall–Kier alpha value is -2.41. The molecular weight excluding hydrogens is 270 g/mol. The lowest BCUT2D eigenvalue weighted by Gasteiger charge is -2.28. The van der Waals surface area contributed by atoms with Gasteiger partial charge < -0.3 is 15.0 Å². The minimum atomic E-state index is -0.465. The maximum atomic E-state index is 11.2. The molecule has 0 amide bonds. The van der Waals surface area contributed by atoms with Crippen LogP contribution in [0.15, 0.2) is 29.1 Å². The third kappa shape index (κ3) is 3.19. The topological polar surface area (TPSA) is 83.1 Å². The zero-order chi connectivity index (χ0) is 14.7. The van der Waals surface area contributed by atoms with E-state index in [0.717, 1.165) is 37.7 Å². The molecule has 110 valence electrons. The molecule has 1 fully saturated rings. The summed E-state index contributed by atoms with van der Waals surface area (Å²) < 4.78 is 5.35. The van der Waals surface area contributed by atoms with Gasteiger partial charge in [-0.2, -0.15) is 10.1 Å². The summed E-state index contributed by atoms with van der Waals surface area (Å²) >= 11 is 0. The highest BCUT2D eigenvalue weighted by molar-refractivity contribution is 5.61. The Morgan fingerprint density at radius 3 is 2.67 bits per heavy atom. The standard InChI is InChI=1S/C14H17N5O2/c1-10-13(16-14(20)18-17-10)15-11-2-4-12(5-3-11)19-6-8-21-9-7-19/h2-5H,6-9H2,1H3,(H2,15,16,18,20). The van der Waals surface area contributed by atoms with E-state index in [9.17, 15) is 4.79 Å². The fourth-order valence-corrected chi connectivity index (χ4v) is 2.22. The van der Waals surface area contributed by atoms with E-state index in [-0.39, 0.29) is 0 Å². The first kappa shape index (κ1) is 13.6. The Kier molecular flexibility index (Phi) is 3.83. The molecule has 21 heavy (non-hydrogen) atoms. The normalized spacial score (nSPS) is 15.0. The SMILES string of the molecule is Cc1n[nH]c(=O)nc1Nc1ccc(N2CCOCC2)cc1. The number of benzene rings is 1. The number of morpholine rings is 1. The van der Waals surface area contributed by atoms with Crippen molar-refractivity contribution >= 4 is 17.2 Å². The fourth-order valence-electron chi connectivity index (χ4n) is 2.22. The minimum absolute atomic E-state index is 0.465. The van der Waals surface area contributed by atoms with E-state index < -0.39 is 5.69 Å². The minimum Gasteiger partial charge on any atom is -0.378 e. The van der Waals surface area contributed by atoms with Gasteiger partial charge in [0.25, 0.3) is 0 Å². The van der Waals surface area contributed by atoms with E-state index in [1.165, 1.54) is 0 Å². The molecule has 1 aromatic carbocycles. The van der Waals surface area contributed by atoms with Crippen molar-refractivity contribution in [3.05, 3.63) is 40.4 Å². The first-order valence-electron chi connectivity index (χ1n) is 6.85. The zero-order valence-corrected chi connectivity index (χ0v) is 11.8. The first-order valence-corrected chi connectivity index (χ1v) is 6.85. The van der Waals surface area contributed by atoms with Crippen molar-refractivity contribution in [2.75, 3.05) is 36.5 Å². The molecule has 3 rings (SSSR count). The van der Waals surface area contributed by atoms with Gasteiger partial charge in [0.05, 0.1) is 13.2 Å². The maximum Gasteiger partial charge on any atom is 0.363 e. The van der Waals surface area contributed by atoms with Crippen molar-refractivity contribution in [3.63, 3.8) is 0 Å². The Balaban J connectivity index is 1.74. The van der Waals surface area contributed by atoms with E-state index in [1.807, 2.05) is 24.3 Å². The first-order chi connectivity index (χ1) is 10.2. The van der Waals surface area contributed by atoms with Crippen molar-refractivity contribution in [1.82, 2.24) is 15.2 Å². The Bertz CT molecular complexity index is 662. The van der Waals surface area contributed by atoms with E-state index in [0.29, 0.717) is 11.5 Å². The van der Waals surface area contributed by atoms with E-state index in [4.69, 9.17) is 4.74 Å². The number of nitrogens with one attached hydrogen (secondary N) is 2. The van der Waals surface area contributed by atoms with Crippen molar-refractivity contribution < 1.29 is 4.74 Å². The molecule has 0 saturated carbocycles. The molecular formula is C14H17N5O2. The molecule has 7 nitrogen and oxygen atoms in total. The van der Waals surface area contributed by atoms with Crippen LogP contribution in [0.3, 0.4) is 0 Å². The molecule has 0 bridgehead atoms. The van der Waals surface area contributed by atoms with Crippen LogP contribution in [0, 0.1) is 6.92 Å². The number of rotatable bonds is 3. The second-order valence-corrected chi connectivity index (χ2v) is 4.85. The summed E-state index contributed by atoms with van der Waals surface area (Å²) in [5.41, 5.74) is 2.22. The quantitative estimate of drug-likeness (QED) is 0.878. The molecule has 1 saturated heterocycles. The monoisotopic (exact) mass is 287 g/mol. The summed E-state index contributed by atoms with van der Waals surface area (Å²) in [4.78, 5) is 17.4. The zero-order valence-electron chi connectivity index (χ0n) is 11.8. The van der Waals surface area contributed by atoms with Crippen LogP contribution in [0.1, 0.15) is 5.69 Å². The van der Waals surface area contributed by atoms with Gasteiger partial charge in [0.2, 0.25) is 0 Å². The number of H-pyrrole nitrogens is 1. The molecule has 1 aromatic heterocycles. The molecule has 1 aliphatic rings. The van der Waals surface area contributed by atoms with Crippen LogP contribution in [0.25, 0.3) is 0 Å². The van der Waals surface area contributed by atoms with Crippen LogP contribution in [0.2, 0.25) is 0 Å². The molecule has 0 atom stereocenters. The fraction of sp³-hybridized carbons (Fsp3) is 0.357. The van der Waals surface area contributed by atoms with E-state index in [1.54, 1.807) is 6.92 Å². The van der Waals surface area contributed by atoms with Crippen LogP contribution < -0.4 is 15.9 Å². The Morgan fingerprint density at radius 2 is 1.95 bits per heavy atom. The summed E-state index contributed by atoms with van der Waals surface area (Å²) in [6, 6.07) is 8.02. The lowest BCUT2D eigenvalue weighted by molar-refractivity contribution is 0.122. The van der Waals surface area contributed by atoms with Gasteiger partial charge in [0, 0.05) is 24.5 Å². The van der Waals surface area contributed by atoms with Gasteiger partial charge in [0.15, 0.2) is 5.82 Å². The van der Waals surface area contributed by atoms with Crippen LogP contribution in [-0.4, -0.2) is 41.5 Å². The number of ether oxygens (including phenoxy) is 1. The second-order valence-electron chi connectivity index (χ2n) is 4.85. The number of hydrogen-bond acceptors (Lipinski definition) is 6. The predicted octanol–water partition coefficient (Wildman–Crippen LogP) is 1.05. The van der Waals surface area contributed by atoms with Gasteiger partial charge in [-0.05, 0) is 31.2 Å². The maximum absolute atomic E-state index is 11.2. The molecule has 2 N–H and O–H groups in total. The summed E-state index contributed by atoms with van der Waals surface area (Å²) in [6.45, 7) is 5.13. The van der Waals surface area contributed by atoms with Crippen LogP contribution in [0.5, 0.6) is 0 Å². The van der Waals surface area contributed by atoms with Gasteiger partial charge in [-0.3, -0.25) is 0 Å². The molecule has 0 radical (unpaired) electrons. The van der Waals surface area contributed by atoms with Crippen LogP contribution >= 0.6 is 0 Å². The van der Waals surface area contributed by atoms with Gasteiger partial charge in [-0.1, -0.05) is 0 Å². The number of hydrogen-bond donors (Lipinski definition) is 2. The highest BCUT2D eigenvalue weighted by Gasteiger charge is 2.11. The highest BCUT2D eigenvalue weighted by atomic mass is 16.5. The number of anilines is 3. The molecule has 2 heterocycles. The van der Waals surface area contributed by atoms with Crippen LogP contribution in [-0.2, 0) is 4.74 Å². The average Bonchev–Trinajstić information content (AvgIpc) is 2.53.